The lowest BCUT2D eigenvalue weighted by atomic mass is 10.1. The van der Waals surface area contributed by atoms with E-state index in [9.17, 15) is 0 Å². The molecule has 0 spiro atoms. The molecule has 1 fully saturated rings. The Bertz CT molecular complexity index is 964. The second kappa shape index (κ2) is 9.05. The van der Waals surface area contributed by atoms with Gasteiger partial charge in [-0.05, 0) is 36.6 Å². The van der Waals surface area contributed by atoms with Crippen LogP contribution in [0.1, 0.15) is 24.5 Å². The molecule has 5 heteroatoms. The largest absolute Gasteiger partial charge is 0.352 e. The number of guanidine groups is 1. The highest BCUT2D eigenvalue weighted by molar-refractivity contribution is 5.83. The summed E-state index contributed by atoms with van der Waals surface area (Å²) in [6.45, 7) is 5.05. The number of para-hydroxylation sites is 1. The average molecular weight is 388 g/mol. The van der Waals surface area contributed by atoms with Gasteiger partial charge in [-0.1, -0.05) is 48.5 Å². The van der Waals surface area contributed by atoms with Crippen LogP contribution in [0.15, 0.2) is 71.9 Å². The Hall–Kier alpha value is -2.92. The smallest absolute Gasteiger partial charge is 0.191 e. The average Bonchev–Trinajstić information content (AvgIpc) is 3.10. The molecular formula is C24H29N5. The third kappa shape index (κ3) is 4.74. The third-order valence-corrected chi connectivity index (χ3v) is 5.68. The Morgan fingerprint density at radius 1 is 1.10 bits per heavy atom. The van der Waals surface area contributed by atoms with Crippen LogP contribution >= 0.6 is 0 Å². The van der Waals surface area contributed by atoms with Gasteiger partial charge in [0, 0.05) is 50.3 Å². The van der Waals surface area contributed by atoms with Crippen LogP contribution in [-0.4, -0.2) is 41.5 Å². The van der Waals surface area contributed by atoms with Crippen LogP contribution in [0.2, 0.25) is 0 Å². The van der Waals surface area contributed by atoms with E-state index in [2.05, 4.69) is 81.0 Å². The van der Waals surface area contributed by atoms with Crippen LogP contribution in [0.5, 0.6) is 0 Å². The number of aliphatic imine (C=N–C) groups is 1. The Labute approximate surface area is 172 Å². The van der Waals surface area contributed by atoms with Crippen LogP contribution in [0.25, 0.3) is 10.9 Å². The van der Waals surface area contributed by atoms with Crippen LogP contribution < -0.4 is 10.6 Å². The maximum Gasteiger partial charge on any atom is 0.191 e. The summed E-state index contributed by atoms with van der Waals surface area (Å²) in [4.78, 5) is 11.4. The summed E-state index contributed by atoms with van der Waals surface area (Å²) in [5.41, 5.74) is 3.62. The molecule has 1 aliphatic heterocycles. The van der Waals surface area contributed by atoms with Crippen molar-refractivity contribution in [3.05, 3.63) is 78.0 Å². The van der Waals surface area contributed by atoms with Crippen molar-refractivity contribution in [1.82, 2.24) is 20.5 Å². The number of pyridine rings is 1. The topological polar surface area (TPSA) is 52.6 Å². The fourth-order valence-electron chi connectivity index (χ4n) is 4.12. The van der Waals surface area contributed by atoms with E-state index in [1.165, 1.54) is 16.5 Å². The van der Waals surface area contributed by atoms with E-state index < -0.39 is 0 Å². The maximum atomic E-state index is 4.44. The van der Waals surface area contributed by atoms with Crippen molar-refractivity contribution in [3.8, 4) is 0 Å². The van der Waals surface area contributed by atoms with Gasteiger partial charge in [-0.25, -0.2) is 0 Å². The quantitative estimate of drug-likeness (QED) is 0.519. The minimum absolute atomic E-state index is 0.397. The first-order valence-electron chi connectivity index (χ1n) is 10.3. The molecule has 150 valence electrons. The van der Waals surface area contributed by atoms with Gasteiger partial charge in [0.1, 0.15) is 0 Å². The molecule has 3 aromatic rings. The van der Waals surface area contributed by atoms with E-state index in [1.54, 1.807) is 0 Å². The highest BCUT2D eigenvalue weighted by Crippen LogP contribution is 2.20. The van der Waals surface area contributed by atoms with Crippen molar-refractivity contribution < 1.29 is 0 Å². The van der Waals surface area contributed by atoms with Crippen LogP contribution in [0, 0.1) is 0 Å². The van der Waals surface area contributed by atoms with Gasteiger partial charge >= 0.3 is 0 Å². The van der Waals surface area contributed by atoms with Gasteiger partial charge in [0.2, 0.25) is 0 Å². The van der Waals surface area contributed by atoms with E-state index in [0.717, 1.165) is 37.5 Å². The number of nitrogens with zero attached hydrogens (tertiary/aromatic N) is 3. The molecule has 2 heterocycles. The minimum Gasteiger partial charge on any atom is -0.352 e. The number of nitrogens with one attached hydrogen (secondary N) is 2. The molecule has 0 radical (unpaired) electrons. The van der Waals surface area contributed by atoms with Gasteiger partial charge < -0.3 is 10.6 Å². The van der Waals surface area contributed by atoms with E-state index in [0.29, 0.717) is 12.1 Å². The molecule has 2 N–H and O–H groups in total. The molecule has 0 bridgehead atoms. The molecule has 1 saturated heterocycles. The minimum atomic E-state index is 0.397. The number of rotatable bonds is 5. The Morgan fingerprint density at radius 3 is 2.72 bits per heavy atom. The van der Waals surface area contributed by atoms with Crippen LogP contribution in [0.4, 0.5) is 0 Å². The van der Waals surface area contributed by atoms with Gasteiger partial charge in [-0.15, -0.1) is 0 Å². The van der Waals surface area contributed by atoms with E-state index in [-0.39, 0.29) is 0 Å². The molecule has 0 saturated carbocycles. The number of likely N-dealkylation sites (tertiary alicyclic amines) is 1. The molecule has 29 heavy (non-hydrogen) atoms. The summed E-state index contributed by atoms with van der Waals surface area (Å²) in [7, 11) is 1.83. The zero-order chi connectivity index (χ0) is 20.1. The number of hydrogen-bond acceptors (Lipinski definition) is 3. The number of fused-ring (bicyclic) bond motifs is 1. The first kappa shape index (κ1) is 19.4. The lowest BCUT2D eigenvalue weighted by molar-refractivity contribution is 0.258. The summed E-state index contributed by atoms with van der Waals surface area (Å²) in [5.74, 6) is 0.852. The number of hydrogen-bond donors (Lipinski definition) is 2. The van der Waals surface area contributed by atoms with Crippen molar-refractivity contribution in [2.24, 2.45) is 4.99 Å². The van der Waals surface area contributed by atoms with Crippen molar-refractivity contribution in [2.45, 2.75) is 38.5 Å². The standard InChI is InChI=1S/C24H29N5/c1-18-14-21(17-29(18)16-19-8-4-3-5-9-19)28-24(25-2)27-15-20-12-13-26-23-11-7-6-10-22(20)23/h3-13,18,21H,14-17H2,1-2H3,(H2,25,27,28). The fraction of sp³-hybridized carbons (Fsp3) is 0.333. The van der Waals surface area contributed by atoms with Crippen LogP contribution in [0.3, 0.4) is 0 Å². The van der Waals surface area contributed by atoms with Crippen molar-refractivity contribution in [3.63, 3.8) is 0 Å². The van der Waals surface area contributed by atoms with Gasteiger partial charge in [0.25, 0.3) is 0 Å². The fourth-order valence-corrected chi connectivity index (χ4v) is 4.12. The molecule has 1 aliphatic rings. The van der Waals surface area contributed by atoms with Crippen molar-refractivity contribution >= 4 is 16.9 Å². The first-order valence-corrected chi connectivity index (χ1v) is 10.3. The molecule has 5 nitrogen and oxygen atoms in total. The van der Waals surface area contributed by atoms with E-state index >= 15 is 0 Å². The molecule has 4 rings (SSSR count). The summed E-state index contributed by atoms with van der Waals surface area (Å²) >= 11 is 0. The Balaban J connectivity index is 1.34. The molecule has 0 amide bonds. The van der Waals surface area contributed by atoms with E-state index in [4.69, 9.17) is 0 Å². The predicted molar refractivity (Wildman–Crippen MR) is 120 cm³/mol. The lowest BCUT2D eigenvalue weighted by Gasteiger charge is -2.21. The highest BCUT2D eigenvalue weighted by atomic mass is 15.3. The summed E-state index contributed by atoms with van der Waals surface area (Å²) in [6.07, 6.45) is 2.99. The van der Waals surface area contributed by atoms with Gasteiger partial charge in [0.05, 0.1) is 5.52 Å². The zero-order valence-electron chi connectivity index (χ0n) is 17.2. The second-order valence-electron chi connectivity index (χ2n) is 7.75. The summed E-state index contributed by atoms with van der Waals surface area (Å²) in [5, 5.41) is 8.27. The van der Waals surface area contributed by atoms with Crippen molar-refractivity contribution in [1.29, 1.82) is 0 Å². The van der Waals surface area contributed by atoms with Crippen molar-refractivity contribution in [2.75, 3.05) is 13.6 Å². The Morgan fingerprint density at radius 2 is 1.90 bits per heavy atom. The Kier molecular flexibility index (Phi) is 6.06. The number of benzene rings is 2. The third-order valence-electron chi connectivity index (χ3n) is 5.68. The van der Waals surface area contributed by atoms with Gasteiger partial charge in [0.15, 0.2) is 5.96 Å². The molecular weight excluding hydrogens is 358 g/mol. The SMILES string of the molecule is CN=C(NCc1ccnc2ccccc12)NC1CC(C)N(Cc2ccccc2)C1. The summed E-state index contributed by atoms with van der Waals surface area (Å²) in [6, 6.07) is 22.0. The number of aromatic nitrogens is 1. The second-order valence-corrected chi connectivity index (χ2v) is 7.75. The molecule has 2 unspecified atom stereocenters. The molecule has 0 aliphatic carbocycles. The first-order chi connectivity index (χ1) is 14.2. The van der Waals surface area contributed by atoms with Gasteiger partial charge in [-0.2, -0.15) is 0 Å². The summed E-state index contributed by atoms with van der Waals surface area (Å²) < 4.78 is 0. The molecule has 2 aromatic carbocycles. The maximum absolute atomic E-state index is 4.44. The van der Waals surface area contributed by atoms with Gasteiger partial charge in [-0.3, -0.25) is 14.9 Å². The predicted octanol–water partition coefficient (Wildman–Crippen LogP) is 3.56. The molecule has 1 aromatic heterocycles. The monoisotopic (exact) mass is 387 g/mol. The van der Waals surface area contributed by atoms with Crippen LogP contribution in [-0.2, 0) is 13.1 Å². The zero-order valence-corrected chi connectivity index (χ0v) is 17.2. The molecule has 2 atom stereocenters. The van der Waals surface area contributed by atoms with E-state index in [1.807, 2.05) is 25.4 Å². The normalized spacial score (nSPS) is 20.1. The highest BCUT2D eigenvalue weighted by Gasteiger charge is 2.29. The lowest BCUT2D eigenvalue weighted by Crippen LogP contribution is -2.44.